The van der Waals surface area contributed by atoms with Crippen LogP contribution in [0.3, 0.4) is 0 Å². The molecule has 0 bridgehead atoms. The Hall–Kier alpha value is -2.71. The lowest BCUT2D eigenvalue weighted by Crippen LogP contribution is -2.30. The van der Waals surface area contributed by atoms with Gasteiger partial charge in [-0.3, -0.25) is 4.79 Å². The highest BCUT2D eigenvalue weighted by Gasteiger charge is 2.18. The lowest BCUT2D eigenvalue weighted by molar-refractivity contribution is 0.0965. The Morgan fingerprint density at radius 3 is 2.11 bits per heavy atom. The molecule has 0 atom stereocenters. The van der Waals surface area contributed by atoms with Gasteiger partial charge in [-0.15, -0.1) is 0 Å². The number of hydrogen-bond acceptors (Lipinski definition) is 2. The van der Waals surface area contributed by atoms with Crippen molar-refractivity contribution in [3.63, 3.8) is 0 Å². The zero-order chi connectivity index (χ0) is 25.8. The van der Waals surface area contributed by atoms with E-state index in [9.17, 15) is 4.79 Å². The summed E-state index contributed by atoms with van der Waals surface area (Å²) in [7, 11) is 2.19. The average molecular weight is 484 g/mol. The van der Waals surface area contributed by atoms with Gasteiger partial charge in [0.05, 0.1) is 0 Å². The largest absolute Gasteiger partial charge is 0.306 e. The molecule has 3 aromatic rings. The maximum Gasteiger partial charge on any atom is 0.162 e. The number of likely N-dealkylation sites (tertiary alicyclic amines) is 1. The van der Waals surface area contributed by atoms with Crippen molar-refractivity contribution < 1.29 is 4.79 Å². The normalized spacial score (nSPS) is 14.2. The number of rotatable bonds is 9. The zero-order valence-electron chi connectivity index (χ0n) is 22.9. The van der Waals surface area contributed by atoms with Crippen molar-refractivity contribution in [3.8, 4) is 0 Å². The van der Waals surface area contributed by atoms with Crippen LogP contribution in [0.25, 0.3) is 0 Å². The number of hydrogen-bond donors (Lipinski definition) is 0. The highest BCUT2D eigenvalue weighted by atomic mass is 16.1. The summed E-state index contributed by atoms with van der Waals surface area (Å²) < 4.78 is 0. The molecular formula is C34H45NO. The third kappa shape index (κ3) is 8.75. The third-order valence-corrected chi connectivity index (χ3v) is 7.70. The van der Waals surface area contributed by atoms with Gasteiger partial charge in [0.25, 0.3) is 0 Å². The summed E-state index contributed by atoms with van der Waals surface area (Å²) in [6, 6.07) is 25.5. The van der Waals surface area contributed by atoms with Crippen LogP contribution < -0.4 is 0 Å². The molecular weight excluding hydrogens is 438 g/mol. The summed E-state index contributed by atoms with van der Waals surface area (Å²) in [5, 5.41) is 0. The molecule has 0 aromatic heterocycles. The predicted octanol–water partition coefficient (Wildman–Crippen LogP) is 7.90. The fraction of sp³-hybridized carbons (Fsp3) is 0.441. The van der Waals surface area contributed by atoms with Gasteiger partial charge in [0, 0.05) is 12.0 Å². The first kappa shape index (κ1) is 27.9. The van der Waals surface area contributed by atoms with Crippen molar-refractivity contribution in [1.29, 1.82) is 0 Å². The number of ketones is 1. The summed E-state index contributed by atoms with van der Waals surface area (Å²) in [6.45, 7) is 8.89. The van der Waals surface area contributed by atoms with Crippen LogP contribution in [0, 0.1) is 12.8 Å². The Balaban J connectivity index is 0.000000383. The molecule has 0 aliphatic carbocycles. The number of nitrogens with zero attached hydrogens (tertiary/aromatic N) is 1. The second-order valence-corrected chi connectivity index (χ2v) is 10.3. The van der Waals surface area contributed by atoms with E-state index in [-0.39, 0.29) is 0 Å². The summed E-state index contributed by atoms with van der Waals surface area (Å²) in [4.78, 5) is 15.1. The molecule has 0 unspecified atom stereocenters. The quantitative estimate of drug-likeness (QED) is 0.288. The lowest BCUT2D eigenvalue weighted by Gasteiger charge is -2.28. The van der Waals surface area contributed by atoms with Crippen LogP contribution in [-0.2, 0) is 25.7 Å². The van der Waals surface area contributed by atoms with Crippen molar-refractivity contribution in [3.05, 3.63) is 106 Å². The molecule has 1 aliphatic heterocycles. The van der Waals surface area contributed by atoms with Gasteiger partial charge in [0.15, 0.2) is 5.78 Å². The molecule has 0 N–H and O–H groups in total. The number of carbonyl (C=O) groups excluding carboxylic acids is 1. The predicted molar refractivity (Wildman–Crippen MR) is 154 cm³/mol. The molecule has 4 rings (SSSR count). The summed E-state index contributed by atoms with van der Waals surface area (Å²) in [5.41, 5.74) is 7.82. The van der Waals surface area contributed by atoms with Gasteiger partial charge in [-0.1, -0.05) is 80.6 Å². The van der Waals surface area contributed by atoms with Crippen molar-refractivity contribution in [2.24, 2.45) is 5.92 Å². The van der Waals surface area contributed by atoms with Crippen LogP contribution in [0.5, 0.6) is 0 Å². The molecule has 1 aliphatic rings. The average Bonchev–Trinajstić information content (AvgIpc) is 2.93. The number of piperidine rings is 1. The van der Waals surface area contributed by atoms with E-state index in [0.717, 1.165) is 43.6 Å². The summed E-state index contributed by atoms with van der Waals surface area (Å²) >= 11 is 0. The molecule has 0 saturated carbocycles. The molecule has 36 heavy (non-hydrogen) atoms. The number of Topliss-reactive ketones (excluding diaryl/α,β-unsaturated/α-hetero) is 1. The maximum absolute atomic E-state index is 12.7. The minimum absolute atomic E-state index is 0.319. The van der Waals surface area contributed by atoms with Gasteiger partial charge >= 0.3 is 0 Å². The second kappa shape index (κ2) is 14.8. The van der Waals surface area contributed by atoms with E-state index in [1.807, 2.05) is 6.07 Å². The molecule has 2 nitrogen and oxygen atoms in total. The van der Waals surface area contributed by atoms with Crippen molar-refractivity contribution >= 4 is 5.78 Å². The standard InChI is InChI=1S/C26H35NO.C8H10/c1-4-22-19-25(26(28)14-9-21-15-17-27(3)18-16-21)13-12-24(22)11-10-23-8-6-5-7-20(23)2;1-2-8-6-4-3-5-7-8/h5-8,12-13,19,21H,4,9-11,14-18H2,1-3H3;3-7H,2H2,1H3. The van der Waals surface area contributed by atoms with E-state index < -0.39 is 0 Å². The first-order chi connectivity index (χ1) is 17.5. The van der Waals surface area contributed by atoms with Gasteiger partial charge in [-0.25, -0.2) is 0 Å². The minimum atomic E-state index is 0.319. The molecule has 1 fully saturated rings. The van der Waals surface area contributed by atoms with Crippen molar-refractivity contribution in [2.45, 2.75) is 72.1 Å². The Kier molecular flexibility index (Phi) is 11.4. The molecule has 0 radical (unpaired) electrons. The molecule has 0 amide bonds. The SMILES string of the molecule is CCc1cc(C(=O)CCC2CCN(C)CC2)ccc1CCc1ccccc1C.CCc1ccccc1. The Morgan fingerprint density at radius 2 is 1.47 bits per heavy atom. The summed E-state index contributed by atoms with van der Waals surface area (Å²) in [5.74, 6) is 1.04. The maximum atomic E-state index is 12.7. The van der Waals surface area contributed by atoms with Crippen molar-refractivity contribution in [1.82, 2.24) is 4.90 Å². The molecule has 192 valence electrons. The fourth-order valence-corrected chi connectivity index (χ4v) is 5.08. The number of aryl methyl sites for hydroxylation is 5. The molecule has 0 spiro atoms. The minimum Gasteiger partial charge on any atom is -0.306 e. The molecule has 1 heterocycles. The van der Waals surface area contributed by atoms with Crippen LogP contribution in [0.4, 0.5) is 0 Å². The van der Waals surface area contributed by atoms with Crippen LogP contribution in [-0.4, -0.2) is 30.8 Å². The van der Waals surface area contributed by atoms with E-state index in [1.54, 1.807) is 0 Å². The van der Waals surface area contributed by atoms with Crippen molar-refractivity contribution in [2.75, 3.05) is 20.1 Å². The fourth-order valence-electron chi connectivity index (χ4n) is 5.08. The highest BCUT2D eigenvalue weighted by Crippen LogP contribution is 2.23. The first-order valence-corrected chi connectivity index (χ1v) is 13.9. The monoisotopic (exact) mass is 483 g/mol. The van der Waals surface area contributed by atoms with E-state index >= 15 is 0 Å². The van der Waals surface area contributed by atoms with Gasteiger partial charge in [0.2, 0.25) is 0 Å². The van der Waals surface area contributed by atoms with Gasteiger partial charge in [-0.2, -0.15) is 0 Å². The summed E-state index contributed by atoms with van der Waals surface area (Å²) in [6.07, 6.45) is 8.44. The lowest BCUT2D eigenvalue weighted by atomic mass is 9.89. The zero-order valence-corrected chi connectivity index (χ0v) is 22.9. The molecule has 3 aromatic carbocycles. The Labute approximate surface area is 219 Å². The van der Waals surface area contributed by atoms with Gasteiger partial charge in [-0.05, 0) is 112 Å². The van der Waals surface area contributed by atoms with Gasteiger partial charge < -0.3 is 4.90 Å². The van der Waals surface area contributed by atoms with Crippen LogP contribution >= 0.6 is 0 Å². The van der Waals surface area contributed by atoms with Gasteiger partial charge in [0.1, 0.15) is 0 Å². The van der Waals surface area contributed by atoms with E-state index in [2.05, 4.69) is 99.4 Å². The molecule has 1 saturated heterocycles. The first-order valence-electron chi connectivity index (χ1n) is 13.9. The second-order valence-electron chi connectivity index (χ2n) is 10.3. The van der Waals surface area contributed by atoms with Crippen LogP contribution in [0.2, 0.25) is 0 Å². The van der Waals surface area contributed by atoms with E-state index in [4.69, 9.17) is 0 Å². The Bertz CT molecular complexity index is 1060. The number of benzene rings is 3. The van der Waals surface area contributed by atoms with E-state index in [1.165, 1.54) is 53.7 Å². The van der Waals surface area contributed by atoms with E-state index in [0.29, 0.717) is 12.2 Å². The smallest absolute Gasteiger partial charge is 0.162 e. The number of carbonyl (C=O) groups is 1. The Morgan fingerprint density at radius 1 is 0.806 bits per heavy atom. The molecule has 2 heteroatoms. The van der Waals surface area contributed by atoms with Crippen LogP contribution in [0.1, 0.15) is 77.7 Å². The third-order valence-electron chi connectivity index (χ3n) is 7.70. The topological polar surface area (TPSA) is 20.3 Å². The van der Waals surface area contributed by atoms with Crippen LogP contribution in [0.15, 0.2) is 72.8 Å². The highest BCUT2D eigenvalue weighted by molar-refractivity contribution is 5.96.